The van der Waals surface area contributed by atoms with Crippen LogP contribution >= 0.6 is 0 Å². The zero-order valence-electron chi connectivity index (χ0n) is 14.4. The molecule has 0 atom stereocenters. The fourth-order valence-corrected chi connectivity index (χ4v) is 1.93. The zero-order valence-corrected chi connectivity index (χ0v) is 14.4. The van der Waals surface area contributed by atoms with E-state index in [2.05, 4.69) is 27.9 Å². The lowest BCUT2D eigenvalue weighted by Gasteiger charge is -2.04. The van der Waals surface area contributed by atoms with Gasteiger partial charge in [0.05, 0.1) is 59.4 Å². The van der Waals surface area contributed by atoms with Gasteiger partial charge in [0.25, 0.3) is 0 Å². The minimum atomic E-state index is 0.609. The van der Waals surface area contributed by atoms with E-state index in [9.17, 15) is 0 Å². The largest absolute Gasteiger partial charge is 0.382 e. The summed E-state index contributed by atoms with van der Waals surface area (Å²) in [5, 5.41) is 0. The molecule has 0 saturated carbocycles. The van der Waals surface area contributed by atoms with Gasteiger partial charge in [-0.05, 0) is 0 Å². The third-order valence-electron chi connectivity index (χ3n) is 3.18. The molecule has 0 fully saturated rings. The number of hydrogen-bond acceptors (Lipinski definition) is 5. The summed E-state index contributed by atoms with van der Waals surface area (Å²) in [5.41, 5.74) is 0. The lowest BCUT2D eigenvalue weighted by Crippen LogP contribution is -2.31. The number of nitrogens with zero attached hydrogens (tertiary/aromatic N) is 2. The van der Waals surface area contributed by atoms with Crippen molar-refractivity contribution >= 4 is 0 Å². The number of methoxy groups -OCH3 is 2. The first kappa shape index (κ1) is 20.1. The Morgan fingerprint density at radius 2 is 1.39 bits per heavy atom. The van der Waals surface area contributed by atoms with Gasteiger partial charge in [-0.25, -0.2) is 9.13 Å². The molecule has 0 aliphatic heterocycles. The van der Waals surface area contributed by atoms with Crippen molar-refractivity contribution in [3.05, 3.63) is 18.7 Å². The number of imidazole rings is 1. The highest BCUT2D eigenvalue weighted by Crippen LogP contribution is 1.89. The number of rotatable bonds is 16. The predicted octanol–water partition coefficient (Wildman–Crippen LogP) is 0.508. The van der Waals surface area contributed by atoms with Crippen LogP contribution in [0.5, 0.6) is 0 Å². The summed E-state index contributed by atoms with van der Waals surface area (Å²) in [6.07, 6.45) is 7.22. The van der Waals surface area contributed by atoms with E-state index in [4.69, 9.17) is 23.7 Å². The van der Waals surface area contributed by atoms with Crippen molar-refractivity contribution in [2.45, 2.75) is 19.5 Å². The van der Waals surface area contributed by atoms with Crippen LogP contribution < -0.4 is 4.57 Å². The highest BCUT2D eigenvalue weighted by molar-refractivity contribution is 4.65. The molecule has 0 bridgehead atoms. The molecule has 1 rings (SSSR count). The van der Waals surface area contributed by atoms with Crippen molar-refractivity contribution < 1.29 is 28.3 Å². The molecule has 1 aromatic heterocycles. The fourth-order valence-electron chi connectivity index (χ4n) is 1.93. The van der Waals surface area contributed by atoms with Gasteiger partial charge in [-0.15, -0.1) is 0 Å². The van der Waals surface area contributed by atoms with Gasteiger partial charge in [0.15, 0.2) is 0 Å². The molecule has 0 aromatic carbocycles. The van der Waals surface area contributed by atoms with E-state index in [-0.39, 0.29) is 0 Å². The van der Waals surface area contributed by atoms with Crippen LogP contribution in [0.25, 0.3) is 0 Å². The minimum absolute atomic E-state index is 0.609. The van der Waals surface area contributed by atoms with Crippen molar-refractivity contribution in [2.75, 3.05) is 67.1 Å². The van der Waals surface area contributed by atoms with E-state index in [1.807, 2.05) is 0 Å². The normalized spacial score (nSPS) is 11.2. The highest BCUT2D eigenvalue weighted by Gasteiger charge is 2.03. The molecule has 0 radical (unpaired) electrons. The first-order valence-corrected chi connectivity index (χ1v) is 8.12. The lowest BCUT2D eigenvalue weighted by molar-refractivity contribution is -0.697. The highest BCUT2D eigenvalue weighted by atomic mass is 16.5. The van der Waals surface area contributed by atoms with E-state index >= 15 is 0 Å². The van der Waals surface area contributed by atoms with E-state index < -0.39 is 0 Å². The Labute approximate surface area is 139 Å². The SMILES string of the molecule is COCCOCCC[n+]1ccn(CCOCCOCCOC)c1. The van der Waals surface area contributed by atoms with E-state index in [0.717, 1.165) is 26.1 Å². The summed E-state index contributed by atoms with van der Waals surface area (Å²) in [6.45, 7) is 7.02. The van der Waals surface area contributed by atoms with Crippen molar-refractivity contribution in [3.8, 4) is 0 Å². The lowest BCUT2D eigenvalue weighted by atomic mass is 10.4. The molecule has 1 aromatic rings. The second-order valence-corrected chi connectivity index (χ2v) is 5.07. The first-order valence-electron chi connectivity index (χ1n) is 8.12. The molecule has 7 nitrogen and oxygen atoms in total. The second kappa shape index (κ2) is 14.6. The molecule has 0 amide bonds. The van der Waals surface area contributed by atoms with Crippen molar-refractivity contribution in [2.24, 2.45) is 0 Å². The van der Waals surface area contributed by atoms with Crippen molar-refractivity contribution in [1.29, 1.82) is 0 Å². The van der Waals surface area contributed by atoms with Crippen LogP contribution in [0.2, 0.25) is 0 Å². The fraction of sp³-hybridized carbons (Fsp3) is 0.812. The summed E-state index contributed by atoms with van der Waals surface area (Å²) in [5.74, 6) is 0. The summed E-state index contributed by atoms with van der Waals surface area (Å²) in [4.78, 5) is 0. The standard InChI is InChI=1S/C16H31N2O5/c1-19-10-12-21-8-3-4-17-5-6-18(16-17)7-9-22-14-15-23-13-11-20-2/h5-6,16H,3-4,7-15H2,1-2H3/q+1. The van der Waals surface area contributed by atoms with E-state index in [1.54, 1.807) is 14.2 Å². The summed E-state index contributed by atoms with van der Waals surface area (Å²) in [6, 6.07) is 0. The third-order valence-corrected chi connectivity index (χ3v) is 3.18. The van der Waals surface area contributed by atoms with Crippen LogP contribution in [0.3, 0.4) is 0 Å². The van der Waals surface area contributed by atoms with Crippen LogP contribution in [0.4, 0.5) is 0 Å². The monoisotopic (exact) mass is 331 g/mol. The summed E-state index contributed by atoms with van der Waals surface area (Å²) < 4.78 is 30.4. The summed E-state index contributed by atoms with van der Waals surface area (Å²) in [7, 11) is 3.35. The van der Waals surface area contributed by atoms with Gasteiger partial charge >= 0.3 is 0 Å². The number of hydrogen-bond donors (Lipinski definition) is 0. The van der Waals surface area contributed by atoms with Gasteiger partial charge < -0.3 is 23.7 Å². The van der Waals surface area contributed by atoms with E-state index in [1.165, 1.54) is 0 Å². The quantitative estimate of drug-likeness (QED) is 0.326. The molecule has 1 heterocycles. The molecule has 23 heavy (non-hydrogen) atoms. The Kier molecular flexibility index (Phi) is 12.7. The van der Waals surface area contributed by atoms with Crippen LogP contribution in [0.15, 0.2) is 18.7 Å². The molecular weight excluding hydrogens is 300 g/mol. The predicted molar refractivity (Wildman–Crippen MR) is 85.5 cm³/mol. The number of aryl methyl sites for hydroxylation is 1. The number of aromatic nitrogens is 2. The van der Waals surface area contributed by atoms with Crippen LogP contribution in [0, 0.1) is 0 Å². The average molecular weight is 331 g/mol. The molecule has 0 aliphatic carbocycles. The smallest absolute Gasteiger partial charge is 0.243 e. The zero-order chi connectivity index (χ0) is 16.6. The Balaban J connectivity index is 1.96. The molecule has 0 saturated heterocycles. The van der Waals surface area contributed by atoms with Crippen molar-refractivity contribution in [3.63, 3.8) is 0 Å². The molecule has 7 heteroatoms. The van der Waals surface area contributed by atoms with Gasteiger partial charge in [-0.2, -0.15) is 0 Å². The topological polar surface area (TPSA) is 55.0 Å². The Bertz CT molecular complexity index is 373. The van der Waals surface area contributed by atoms with Crippen molar-refractivity contribution in [1.82, 2.24) is 4.57 Å². The molecule has 0 unspecified atom stereocenters. The third kappa shape index (κ3) is 11.2. The maximum atomic E-state index is 5.54. The first-order chi connectivity index (χ1) is 11.4. The van der Waals surface area contributed by atoms with Gasteiger partial charge in [-0.3, -0.25) is 0 Å². The summed E-state index contributed by atoms with van der Waals surface area (Å²) >= 11 is 0. The molecule has 0 aliphatic rings. The Morgan fingerprint density at radius 3 is 2.09 bits per heavy atom. The number of ether oxygens (including phenoxy) is 5. The van der Waals surface area contributed by atoms with Gasteiger partial charge in [0.1, 0.15) is 18.9 Å². The van der Waals surface area contributed by atoms with Crippen LogP contribution in [-0.2, 0) is 36.8 Å². The second-order valence-electron chi connectivity index (χ2n) is 5.07. The maximum Gasteiger partial charge on any atom is 0.243 e. The molecular formula is C16H31N2O5+. The van der Waals surface area contributed by atoms with E-state index in [0.29, 0.717) is 46.2 Å². The van der Waals surface area contributed by atoms with Gasteiger partial charge in [-0.1, -0.05) is 0 Å². The van der Waals surface area contributed by atoms with Crippen LogP contribution in [-0.4, -0.2) is 71.6 Å². The minimum Gasteiger partial charge on any atom is -0.382 e. The molecule has 0 N–H and O–H groups in total. The molecule has 0 spiro atoms. The Hall–Kier alpha value is -0.990. The maximum absolute atomic E-state index is 5.54. The average Bonchev–Trinajstić information content (AvgIpc) is 3.01. The van der Waals surface area contributed by atoms with Crippen LogP contribution in [0.1, 0.15) is 6.42 Å². The van der Waals surface area contributed by atoms with Gasteiger partial charge in [0.2, 0.25) is 6.33 Å². The van der Waals surface area contributed by atoms with Gasteiger partial charge in [0, 0.05) is 20.6 Å². The Morgan fingerprint density at radius 1 is 0.783 bits per heavy atom. The molecule has 134 valence electrons.